The molecule has 0 bridgehead atoms. The number of benzene rings is 2. The number of carbonyl (C=O) groups excluding carboxylic acids is 1. The third kappa shape index (κ3) is 3.98. The molecule has 0 atom stereocenters. The smallest absolute Gasteiger partial charge is 0.319 e. The molecule has 0 aliphatic rings. The van der Waals surface area contributed by atoms with Crippen molar-refractivity contribution in [3.05, 3.63) is 78.4 Å². The van der Waals surface area contributed by atoms with Gasteiger partial charge in [-0.05, 0) is 36.2 Å². The zero-order chi connectivity index (χ0) is 16.8. The summed E-state index contributed by atoms with van der Waals surface area (Å²) in [6.07, 6.45) is 4.33. The van der Waals surface area contributed by atoms with Crippen molar-refractivity contribution < 1.29 is 9.18 Å². The molecule has 0 saturated heterocycles. The van der Waals surface area contributed by atoms with Crippen molar-refractivity contribution >= 4 is 11.7 Å². The van der Waals surface area contributed by atoms with Crippen LogP contribution >= 0.6 is 0 Å². The fraction of sp³-hybridized carbons (Fsp3) is 0.111. The number of hydrogen-bond acceptors (Lipinski definition) is 2. The summed E-state index contributed by atoms with van der Waals surface area (Å²) in [5, 5.41) is 9.49. The van der Waals surface area contributed by atoms with Crippen LogP contribution in [0.2, 0.25) is 0 Å². The number of anilines is 1. The number of nitrogens with zero attached hydrogens (tertiary/aromatic N) is 2. The molecular weight excluding hydrogens is 307 g/mol. The van der Waals surface area contributed by atoms with Crippen molar-refractivity contribution in [2.45, 2.75) is 6.42 Å². The molecule has 122 valence electrons. The highest BCUT2D eigenvalue weighted by molar-refractivity contribution is 5.89. The fourth-order valence-electron chi connectivity index (χ4n) is 2.26. The monoisotopic (exact) mass is 324 g/mol. The van der Waals surface area contributed by atoms with Gasteiger partial charge in [0, 0.05) is 12.7 Å². The molecule has 0 aliphatic carbocycles. The minimum atomic E-state index is -0.461. The van der Waals surface area contributed by atoms with E-state index in [0.29, 0.717) is 13.0 Å². The normalized spacial score (nSPS) is 10.4. The van der Waals surface area contributed by atoms with E-state index in [1.165, 1.54) is 12.1 Å². The van der Waals surface area contributed by atoms with Gasteiger partial charge in [0.1, 0.15) is 5.82 Å². The van der Waals surface area contributed by atoms with Crippen LogP contribution in [0.1, 0.15) is 5.56 Å². The van der Waals surface area contributed by atoms with Gasteiger partial charge in [-0.3, -0.25) is 0 Å². The van der Waals surface area contributed by atoms with Gasteiger partial charge in [-0.1, -0.05) is 30.3 Å². The summed E-state index contributed by atoms with van der Waals surface area (Å²) in [4.78, 5) is 11.8. The van der Waals surface area contributed by atoms with E-state index >= 15 is 0 Å². The molecule has 2 aromatic carbocycles. The van der Waals surface area contributed by atoms with E-state index in [9.17, 15) is 9.18 Å². The second kappa shape index (κ2) is 7.41. The van der Waals surface area contributed by atoms with E-state index in [-0.39, 0.29) is 5.69 Å². The molecule has 3 aromatic rings. The third-order valence-electron chi connectivity index (χ3n) is 3.48. The second-order valence-corrected chi connectivity index (χ2v) is 5.24. The zero-order valence-corrected chi connectivity index (χ0v) is 12.9. The molecule has 0 aliphatic heterocycles. The largest absolute Gasteiger partial charge is 0.338 e. The van der Waals surface area contributed by atoms with Gasteiger partial charge < -0.3 is 10.6 Å². The van der Waals surface area contributed by atoms with Gasteiger partial charge in [0.2, 0.25) is 0 Å². The number of amides is 2. The van der Waals surface area contributed by atoms with Crippen molar-refractivity contribution in [1.82, 2.24) is 15.1 Å². The first-order chi connectivity index (χ1) is 11.7. The van der Waals surface area contributed by atoms with Crippen LogP contribution in [-0.2, 0) is 6.42 Å². The van der Waals surface area contributed by atoms with Crippen molar-refractivity contribution in [2.75, 3.05) is 11.9 Å². The van der Waals surface area contributed by atoms with Gasteiger partial charge in [-0.2, -0.15) is 5.10 Å². The van der Waals surface area contributed by atoms with E-state index in [4.69, 9.17) is 0 Å². The predicted molar refractivity (Wildman–Crippen MR) is 90.7 cm³/mol. The lowest BCUT2D eigenvalue weighted by Gasteiger charge is -2.07. The van der Waals surface area contributed by atoms with E-state index < -0.39 is 11.8 Å². The maximum Gasteiger partial charge on any atom is 0.319 e. The maximum atomic E-state index is 13.4. The number of rotatable bonds is 5. The standard InChI is InChI=1S/C18H17FN4O/c19-16-8-4-5-9-17(16)22-18(24)20-11-10-14-12-21-23(13-14)15-6-2-1-3-7-15/h1-9,12-13H,10-11H2,(H2,20,22,24). The lowest BCUT2D eigenvalue weighted by atomic mass is 10.2. The van der Waals surface area contributed by atoms with E-state index in [2.05, 4.69) is 15.7 Å². The molecule has 5 nitrogen and oxygen atoms in total. The number of aromatic nitrogens is 2. The first-order valence-electron chi connectivity index (χ1n) is 7.61. The van der Waals surface area contributed by atoms with Crippen LogP contribution in [0, 0.1) is 5.82 Å². The summed E-state index contributed by atoms with van der Waals surface area (Å²) in [5.41, 5.74) is 2.14. The number of halogens is 1. The average molecular weight is 324 g/mol. The van der Waals surface area contributed by atoms with Crippen molar-refractivity contribution in [1.29, 1.82) is 0 Å². The minimum Gasteiger partial charge on any atom is -0.338 e. The van der Waals surface area contributed by atoms with Crippen LogP contribution in [0.4, 0.5) is 14.9 Å². The first kappa shape index (κ1) is 15.7. The maximum absolute atomic E-state index is 13.4. The Morgan fingerprint density at radius 1 is 1.08 bits per heavy atom. The number of para-hydroxylation sites is 2. The zero-order valence-electron chi connectivity index (χ0n) is 12.9. The van der Waals surface area contributed by atoms with Gasteiger partial charge in [0.25, 0.3) is 0 Å². The molecule has 0 fully saturated rings. The van der Waals surface area contributed by atoms with Gasteiger partial charge in [0.15, 0.2) is 0 Å². The van der Waals surface area contributed by atoms with Crippen molar-refractivity contribution in [3.8, 4) is 5.69 Å². The molecule has 6 heteroatoms. The highest BCUT2D eigenvalue weighted by atomic mass is 19.1. The summed E-state index contributed by atoms with van der Waals surface area (Å²) in [7, 11) is 0. The van der Waals surface area contributed by atoms with E-state index in [1.54, 1.807) is 23.0 Å². The third-order valence-corrected chi connectivity index (χ3v) is 3.48. The summed E-state index contributed by atoms with van der Waals surface area (Å²) in [6, 6.07) is 15.4. The fourth-order valence-corrected chi connectivity index (χ4v) is 2.26. The highest BCUT2D eigenvalue weighted by Gasteiger charge is 2.06. The molecule has 0 saturated carbocycles. The Morgan fingerprint density at radius 2 is 1.83 bits per heavy atom. The quantitative estimate of drug-likeness (QED) is 0.756. The molecule has 0 unspecified atom stereocenters. The molecule has 2 amide bonds. The summed E-state index contributed by atoms with van der Waals surface area (Å²) < 4.78 is 15.2. The molecule has 3 rings (SSSR count). The minimum absolute atomic E-state index is 0.159. The van der Waals surface area contributed by atoms with Crippen LogP contribution in [0.25, 0.3) is 5.69 Å². The van der Waals surface area contributed by atoms with Gasteiger partial charge >= 0.3 is 6.03 Å². The number of carbonyl (C=O) groups is 1. The molecule has 0 spiro atoms. The molecule has 24 heavy (non-hydrogen) atoms. The lowest BCUT2D eigenvalue weighted by Crippen LogP contribution is -2.30. The van der Waals surface area contributed by atoms with Crippen LogP contribution in [0.5, 0.6) is 0 Å². The van der Waals surface area contributed by atoms with Crippen LogP contribution in [0.15, 0.2) is 67.0 Å². The van der Waals surface area contributed by atoms with Crippen LogP contribution in [-0.4, -0.2) is 22.4 Å². The van der Waals surface area contributed by atoms with Gasteiger partial charge in [-0.15, -0.1) is 0 Å². The first-order valence-corrected chi connectivity index (χ1v) is 7.61. The van der Waals surface area contributed by atoms with Crippen molar-refractivity contribution in [2.24, 2.45) is 0 Å². The van der Waals surface area contributed by atoms with E-state index in [0.717, 1.165) is 11.3 Å². The number of nitrogens with one attached hydrogen (secondary N) is 2. The van der Waals surface area contributed by atoms with Gasteiger partial charge in [-0.25, -0.2) is 13.9 Å². The Bertz CT molecular complexity index is 817. The van der Waals surface area contributed by atoms with Crippen LogP contribution in [0.3, 0.4) is 0 Å². The number of urea groups is 1. The topological polar surface area (TPSA) is 59.0 Å². The number of hydrogen-bond donors (Lipinski definition) is 2. The van der Waals surface area contributed by atoms with E-state index in [1.807, 2.05) is 36.5 Å². The lowest BCUT2D eigenvalue weighted by molar-refractivity contribution is 0.252. The summed E-state index contributed by atoms with van der Waals surface area (Å²) in [5.74, 6) is -0.461. The summed E-state index contributed by atoms with van der Waals surface area (Å²) in [6.45, 7) is 0.431. The van der Waals surface area contributed by atoms with Gasteiger partial charge in [0.05, 0.1) is 17.6 Å². The highest BCUT2D eigenvalue weighted by Crippen LogP contribution is 2.12. The Balaban J connectivity index is 1.49. The summed E-state index contributed by atoms with van der Waals surface area (Å²) >= 11 is 0. The Labute approximate surface area is 139 Å². The Hall–Kier alpha value is -3.15. The molecule has 2 N–H and O–H groups in total. The Kier molecular flexibility index (Phi) is 4.86. The SMILES string of the molecule is O=C(NCCc1cnn(-c2ccccc2)c1)Nc1ccccc1F. The molecule has 0 radical (unpaired) electrons. The molecule has 1 heterocycles. The average Bonchev–Trinajstić information content (AvgIpc) is 3.07. The molecular formula is C18H17FN4O. The second-order valence-electron chi connectivity index (χ2n) is 5.24. The Morgan fingerprint density at radius 3 is 2.62 bits per heavy atom. The van der Waals surface area contributed by atoms with Crippen molar-refractivity contribution in [3.63, 3.8) is 0 Å². The van der Waals surface area contributed by atoms with Crippen LogP contribution < -0.4 is 10.6 Å². The predicted octanol–water partition coefficient (Wildman–Crippen LogP) is 3.38. The molecule has 1 aromatic heterocycles.